The van der Waals surface area contributed by atoms with Crippen LogP contribution in [0.3, 0.4) is 0 Å². The van der Waals surface area contributed by atoms with E-state index in [1.54, 1.807) is 29.5 Å². The highest BCUT2D eigenvalue weighted by Gasteiger charge is 2.14. The SMILES string of the molecule is Clc1ccc2sccc2c1.OB(O)c1cc2cc(Cl)ccc2s1. The first-order chi connectivity index (χ1) is 11.0. The summed E-state index contributed by atoms with van der Waals surface area (Å²) >= 11 is 14.7. The molecule has 0 atom stereocenters. The van der Waals surface area contributed by atoms with E-state index in [0.29, 0.717) is 9.80 Å². The largest absolute Gasteiger partial charge is 0.499 e. The Hall–Kier alpha value is -1.08. The maximum Gasteiger partial charge on any atom is 0.499 e. The van der Waals surface area contributed by atoms with Crippen LogP contribution in [0.4, 0.5) is 0 Å². The first kappa shape index (κ1) is 16.8. The average Bonchev–Trinajstić information content (AvgIpc) is 3.12. The third-order valence-electron chi connectivity index (χ3n) is 3.17. The molecule has 0 saturated carbocycles. The van der Waals surface area contributed by atoms with Crippen molar-refractivity contribution >= 4 is 77.9 Å². The Kier molecular flexibility index (Phi) is 5.26. The number of rotatable bonds is 1. The molecule has 116 valence electrons. The molecule has 0 spiro atoms. The molecule has 0 aliphatic carbocycles. The molecule has 0 bridgehead atoms. The lowest BCUT2D eigenvalue weighted by atomic mass is 9.89. The fourth-order valence-electron chi connectivity index (χ4n) is 2.10. The van der Waals surface area contributed by atoms with Gasteiger partial charge in [0, 0.05) is 24.2 Å². The molecule has 23 heavy (non-hydrogen) atoms. The van der Waals surface area contributed by atoms with Gasteiger partial charge in [0.25, 0.3) is 0 Å². The highest BCUT2D eigenvalue weighted by molar-refractivity contribution is 7.27. The maximum absolute atomic E-state index is 8.93. The van der Waals surface area contributed by atoms with Crippen molar-refractivity contribution in [1.29, 1.82) is 0 Å². The van der Waals surface area contributed by atoms with Gasteiger partial charge in [-0.15, -0.1) is 22.7 Å². The van der Waals surface area contributed by atoms with Gasteiger partial charge in [-0.05, 0) is 64.7 Å². The molecule has 0 radical (unpaired) electrons. The van der Waals surface area contributed by atoms with E-state index in [4.69, 9.17) is 33.2 Å². The van der Waals surface area contributed by atoms with Crippen LogP contribution in [0, 0.1) is 0 Å². The Morgan fingerprint density at radius 1 is 0.783 bits per heavy atom. The Labute approximate surface area is 151 Å². The zero-order chi connectivity index (χ0) is 16.4. The van der Waals surface area contributed by atoms with Crippen LogP contribution in [0.15, 0.2) is 53.9 Å². The van der Waals surface area contributed by atoms with Crippen LogP contribution in [0.2, 0.25) is 10.0 Å². The minimum atomic E-state index is -1.39. The quantitative estimate of drug-likeness (QED) is 0.466. The number of hydrogen-bond acceptors (Lipinski definition) is 4. The number of benzene rings is 2. The average molecular weight is 381 g/mol. The second kappa shape index (κ2) is 7.22. The molecule has 2 aromatic heterocycles. The molecule has 0 amide bonds. The van der Waals surface area contributed by atoms with Gasteiger partial charge in [0.2, 0.25) is 0 Å². The van der Waals surface area contributed by atoms with E-state index in [1.807, 2.05) is 24.3 Å². The molecule has 7 heteroatoms. The molecule has 2 N–H and O–H groups in total. The molecular weight excluding hydrogens is 370 g/mol. The Bertz CT molecular complexity index is 949. The van der Waals surface area contributed by atoms with E-state index in [9.17, 15) is 0 Å². The summed E-state index contributed by atoms with van der Waals surface area (Å²) in [5.74, 6) is 0. The summed E-state index contributed by atoms with van der Waals surface area (Å²) < 4.78 is 2.84. The Morgan fingerprint density at radius 2 is 1.43 bits per heavy atom. The van der Waals surface area contributed by atoms with Crippen LogP contribution >= 0.6 is 45.9 Å². The summed E-state index contributed by atoms with van der Waals surface area (Å²) in [4.78, 5) is 0. The lowest BCUT2D eigenvalue weighted by molar-refractivity contribution is 0.427. The molecular formula is C16H11BCl2O2S2. The maximum atomic E-state index is 8.93. The predicted octanol–water partition coefficient (Wildman–Crippen LogP) is 4.79. The molecule has 0 aliphatic heterocycles. The second-order valence-corrected chi connectivity index (χ2v) is 7.74. The summed E-state index contributed by atoms with van der Waals surface area (Å²) in [5.41, 5.74) is 0. The van der Waals surface area contributed by atoms with Crippen molar-refractivity contribution in [1.82, 2.24) is 0 Å². The van der Waals surface area contributed by atoms with E-state index >= 15 is 0 Å². The van der Waals surface area contributed by atoms with Gasteiger partial charge in [-0.1, -0.05) is 23.2 Å². The van der Waals surface area contributed by atoms with Crippen molar-refractivity contribution in [3.05, 3.63) is 64.0 Å². The van der Waals surface area contributed by atoms with E-state index in [1.165, 1.54) is 21.4 Å². The van der Waals surface area contributed by atoms with Crippen molar-refractivity contribution in [3.8, 4) is 0 Å². The molecule has 0 saturated heterocycles. The van der Waals surface area contributed by atoms with Gasteiger partial charge in [0.15, 0.2) is 0 Å². The fraction of sp³-hybridized carbons (Fsp3) is 0. The molecule has 2 heterocycles. The summed E-state index contributed by atoms with van der Waals surface area (Å²) in [6.45, 7) is 0. The number of thiophene rings is 2. The van der Waals surface area contributed by atoms with Crippen LogP contribution in [0.5, 0.6) is 0 Å². The molecule has 0 aliphatic rings. The molecule has 0 unspecified atom stereocenters. The monoisotopic (exact) mass is 380 g/mol. The van der Waals surface area contributed by atoms with E-state index in [-0.39, 0.29) is 0 Å². The van der Waals surface area contributed by atoms with E-state index < -0.39 is 7.12 Å². The van der Waals surface area contributed by atoms with Crippen LogP contribution in [0.25, 0.3) is 20.2 Å². The highest BCUT2D eigenvalue weighted by atomic mass is 35.5. The molecule has 0 fully saturated rings. The lowest BCUT2D eigenvalue weighted by Crippen LogP contribution is -2.26. The van der Waals surface area contributed by atoms with Crippen LogP contribution < -0.4 is 4.78 Å². The highest BCUT2D eigenvalue weighted by Crippen LogP contribution is 2.24. The van der Waals surface area contributed by atoms with Gasteiger partial charge in [0.1, 0.15) is 0 Å². The minimum absolute atomic E-state index is 0.539. The van der Waals surface area contributed by atoms with E-state index in [0.717, 1.165) is 15.1 Å². The Balaban J connectivity index is 0.000000140. The first-order valence-electron chi connectivity index (χ1n) is 6.71. The topological polar surface area (TPSA) is 40.5 Å². The normalized spacial score (nSPS) is 10.6. The van der Waals surface area contributed by atoms with Crippen molar-refractivity contribution in [2.45, 2.75) is 0 Å². The van der Waals surface area contributed by atoms with E-state index in [2.05, 4.69) is 11.4 Å². The number of fused-ring (bicyclic) bond motifs is 2. The van der Waals surface area contributed by atoms with Gasteiger partial charge in [-0.3, -0.25) is 0 Å². The van der Waals surface area contributed by atoms with Gasteiger partial charge in [-0.2, -0.15) is 0 Å². The molecule has 4 rings (SSSR count). The predicted molar refractivity (Wildman–Crippen MR) is 103 cm³/mol. The standard InChI is InChI=1S/C8H6BClO2S.C8H5ClS/c10-6-1-2-7-5(3-6)4-8(13-7)9(11)12;9-7-1-2-8-6(5-7)3-4-10-8/h1-4,11-12H;1-5H. The second-order valence-electron chi connectivity index (χ2n) is 4.81. The molecule has 4 aromatic rings. The van der Waals surface area contributed by atoms with Crippen LogP contribution in [-0.2, 0) is 0 Å². The fourth-order valence-corrected chi connectivity index (χ4v) is 4.15. The zero-order valence-corrected chi connectivity index (χ0v) is 14.9. The smallest absolute Gasteiger partial charge is 0.423 e. The summed E-state index contributed by atoms with van der Waals surface area (Å²) in [5, 5.41) is 23.6. The van der Waals surface area contributed by atoms with Gasteiger partial charge < -0.3 is 10.0 Å². The van der Waals surface area contributed by atoms with Crippen molar-refractivity contribution in [3.63, 3.8) is 0 Å². The van der Waals surface area contributed by atoms with Crippen LogP contribution in [0.1, 0.15) is 0 Å². The number of halogens is 2. The van der Waals surface area contributed by atoms with Gasteiger partial charge in [-0.25, -0.2) is 0 Å². The molecule has 2 nitrogen and oxygen atoms in total. The third kappa shape index (κ3) is 4.07. The number of hydrogen-bond donors (Lipinski definition) is 2. The Morgan fingerprint density at radius 3 is 2.13 bits per heavy atom. The van der Waals surface area contributed by atoms with Crippen LogP contribution in [-0.4, -0.2) is 17.2 Å². The zero-order valence-electron chi connectivity index (χ0n) is 11.7. The lowest BCUT2D eigenvalue weighted by Gasteiger charge is -1.88. The van der Waals surface area contributed by atoms with Crippen molar-refractivity contribution in [2.75, 3.05) is 0 Å². The van der Waals surface area contributed by atoms with Gasteiger partial charge in [0.05, 0.1) is 0 Å². The van der Waals surface area contributed by atoms with Crippen molar-refractivity contribution in [2.24, 2.45) is 0 Å². The van der Waals surface area contributed by atoms with Gasteiger partial charge >= 0.3 is 7.12 Å². The molecule has 2 aromatic carbocycles. The summed E-state index contributed by atoms with van der Waals surface area (Å²) in [7, 11) is -1.39. The summed E-state index contributed by atoms with van der Waals surface area (Å²) in [6.07, 6.45) is 0. The minimum Gasteiger partial charge on any atom is -0.423 e. The summed E-state index contributed by atoms with van der Waals surface area (Å²) in [6, 6.07) is 15.2. The van der Waals surface area contributed by atoms with Crippen molar-refractivity contribution < 1.29 is 10.0 Å². The third-order valence-corrected chi connectivity index (χ3v) is 5.69. The first-order valence-corrected chi connectivity index (χ1v) is 9.16.